The molecule has 0 bridgehead atoms. The van der Waals surface area contributed by atoms with Crippen LogP contribution in [0.2, 0.25) is 0 Å². The molecule has 2 aromatic rings. The van der Waals surface area contributed by atoms with Crippen LogP contribution in [-0.4, -0.2) is 57.4 Å². The summed E-state index contributed by atoms with van der Waals surface area (Å²) in [6.07, 6.45) is 0.517. The van der Waals surface area contributed by atoms with Crippen LogP contribution in [0.25, 0.3) is 4.96 Å². The molecule has 3 heterocycles. The molecule has 2 aromatic heterocycles. The molecule has 1 saturated heterocycles. The van der Waals surface area contributed by atoms with Gasteiger partial charge in [0.05, 0.1) is 12.2 Å². The Labute approximate surface area is 139 Å². The highest BCUT2D eigenvalue weighted by molar-refractivity contribution is 7.20. The molecule has 1 fully saturated rings. The smallest absolute Gasteiger partial charge is 0.275 e. The lowest BCUT2D eigenvalue weighted by Gasteiger charge is -2.38. The van der Waals surface area contributed by atoms with Gasteiger partial charge in [-0.25, -0.2) is 4.98 Å². The van der Waals surface area contributed by atoms with E-state index in [1.807, 2.05) is 6.92 Å². The van der Waals surface area contributed by atoms with Crippen LogP contribution in [0, 0.1) is 6.92 Å². The van der Waals surface area contributed by atoms with Crippen molar-refractivity contribution in [2.24, 2.45) is 0 Å². The van der Waals surface area contributed by atoms with Gasteiger partial charge in [0.15, 0.2) is 0 Å². The van der Waals surface area contributed by atoms with E-state index in [0.29, 0.717) is 11.0 Å². The molecule has 8 heteroatoms. The van der Waals surface area contributed by atoms with E-state index >= 15 is 0 Å². The van der Waals surface area contributed by atoms with Crippen molar-refractivity contribution in [1.82, 2.24) is 19.5 Å². The van der Waals surface area contributed by atoms with Crippen LogP contribution in [0.5, 0.6) is 0 Å². The molecule has 0 radical (unpaired) electrons. The summed E-state index contributed by atoms with van der Waals surface area (Å²) in [6, 6.07) is 1.86. The maximum absolute atomic E-state index is 11.9. The first-order chi connectivity index (χ1) is 10.9. The third-order valence-corrected chi connectivity index (χ3v) is 4.86. The molecular weight excluding hydrogens is 314 g/mol. The van der Waals surface area contributed by atoms with E-state index in [2.05, 4.69) is 41.1 Å². The molecular formula is C15H23N5O2S. The summed E-state index contributed by atoms with van der Waals surface area (Å²) in [7, 11) is 0. The minimum Gasteiger partial charge on any atom is -0.373 e. The Morgan fingerprint density at radius 3 is 2.83 bits per heavy atom. The van der Waals surface area contributed by atoms with Crippen molar-refractivity contribution in [1.29, 1.82) is 0 Å². The zero-order valence-electron chi connectivity index (χ0n) is 13.9. The molecule has 3 rings (SSSR count). The third kappa shape index (κ3) is 3.70. The first-order valence-corrected chi connectivity index (χ1v) is 8.75. The lowest BCUT2D eigenvalue weighted by Crippen LogP contribution is -2.51. The fraction of sp³-hybridized carbons (Fsp3) is 0.667. The Hall–Kier alpha value is -1.51. The summed E-state index contributed by atoms with van der Waals surface area (Å²) >= 11 is 1.40. The van der Waals surface area contributed by atoms with E-state index in [4.69, 9.17) is 4.74 Å². The van der Waals surface area contributed by atoms with Crippen LogP contribution in [0.3, 0.4) is 0 Å². The standard InChI is InChI=1S/C15H23N5O2S/c1-9-5-13(21)20-15(17-9)23-14(18-20)16-6-10(2)19-7-11(3)22-12(4)8-19/h5,10-12H,6-8H2,1-4H3,(H,16,18)/t10-,11+,12+/m0/s1. The summed E-state index contributed by atoms with van der Waals surface area (Å²) in [5.41, 5.74) is 0.579. The monoisotopic (exact) mass is 337 g/mol. The summed E-state index contributed by atoms with van der Waals surface area (Å²) in [5.74, 6) is 0. The van der Waals surface area contributed by atoms with Gasteiger partial charge in [-0.15, -0.1) is 5.10 Å². The van der Waals surface area contributed by atoms with Crippen LogP contribution < -0.4 is 10.9 Å². The minimum atomic E-state index is -0.138. The van der Waals surface area contributed by atoms with Gasteiger partial charge >= 0.3 is 0 Å². The van der Waals surface area contributed by atoms with Crippen molar-refractivity contribution in [3.05, 3.63) is 22.1 Å². The largest absolute Gasteiger partial charge is 0.373 e. The van der Waals surface area contributed by atoms with Crippen LogP contribution >= 0.6 is 11.3 Å². The molecule has 23 heavy (non-hydrogen) atoms. The Kier molecular flexibility index (Phi) is 4.65. The molecule has 1 aliphatic heterocycles. The summed E-state index contributed by atoms with van der Waals surface area (Å²) < 4.78 is 7.13. The molecule has 0 unspecified atom stereocenters. The molecule has 0 aromatic carbocycles. The van der Waals surface area contributed by atoms with Crippen LogP contribution in [0.1, 0.15) is 26.5 Å². The van der Waals surface area contributed by atoms with E-state index in [0.717, 1.165) is 30.5 Å². The fourth-order valence-electron chi connectivity index (χ4n) is 2.93. The Morgan fingerprint density at radius 2 is 2.13 bits per heavy atom. The van der Waals surface area contributed by atoms with Crippen molar-refractivity contribution in [3.8, 4) is 0 Å². The average Bonchev–Trinajstić information content (AvgIpc) is 2.87. The zero-order chi connectivity index (χ0) is 16.6. The fourth-order valence-corrected chi connectivity index (χ4v) is 3.79. The number of aromatic nitrogens is 3. The number of ether oxygens (including phenoxy) is 1. The highest BCUT2D eigenvalue weighted by Gasteiger charge is 2.25. The topological polar surface area (TPSA) is 71.8 Å². The van der Waals surface area contributed by atoms with Gasteiger partial charge in [-0.2, -0.15) is 4.52 Å². The van der Waals surface area contributed by atoms with Gasteiger partial charge in [-0.3, -0.25) is 9.69 Å². The highest BCUT2D eigenvalue weighted by atomic mass is 32.1. The summed E-state index contributed by atoms with van der Waals surface area (Å²) in [6.45, 7) is 10.9. The average molecular weight is 337 g/mol. The molecule has 0 spiro atoms. The van der Waals surface area contributed by atoms with E-state index in [9.17, 15) is 4.79 Å². The lowest BCUT2D eigenvalue weighted by atomic mass is 10.2. The molecule has 1 N–H and O–H groups in total. The van der Waals surface area contributed by atoms with Crippen LogP contribution in [-0.2, 0) is 4.74 Å². The number of anilines is 1. The molecule has 3 atom stereocenters. The van der Waals surface area contributed by atoms with Gasteiger partial charge in [0.2, 0.25) is 10.1 Å². The molecule has 0 saturated carbocycles. The molecule has 126 valence electrons. The number of hydrogen-bond donors (Lipinski definition) is 1. The first kappa shape index (κ1) is 16.4. The first-order valence-electron chi connectivity index (χ1n) is 7.93. The zero-order valence-corrected chi connectivity index (χ0v) is 14.8. The van der Waals surface area contributed by atoms with E-state index in [1.54, 1.807) is 0 Å². The molecule has 0 amide bonds. The van der Waals surface area contributed by atoms with Gasteiger partial charge in [0.25, 0.3) is 5.56 Å². The van der Waals surface area contributed by atoms with Crippen molar-refractivity contribution in [2.75, 3.05) is 25.0 Å². The number of fused-ring (bicyclic) bond motifs is 1. The van der Waals surface area contributed by atoms with Gasteiger partial charge in [0.1, 0.15) is 0 Å². The summed E-state index contributed by atoms with van der Waals surface area (Å²) in [5, 5.41) is 8.36. The Morgan fingerprint density at radius 1 is 1.43 bits per heavy atom. The summed E-state index contributed by atoms with van der Waals surface area (Å²) in [4.78, 5) is 19.3. The number of aryl methyl sites for hydroxylation is 1. The van der Waals surface area contributed by atoms with Crippen LogP contribution in [0.4, 0.5) is 5.13 Å². The number of nitrogens with zero attached hydrogens (tertiary/aromatic N) is 4. The van der Waals surface area contributed by atoms with Gasteiger partial charge in [-0.1, -0.05) is 11.3 Å². The second-order valence-electron chi connectivity index (χ2n) is 6.28. The second kappa shape index (κ2) is 6.54. The number of morpholine rings is 1. The maximum atomic E-state index is 11.9. The van der Waals surface area contributed by atoms with Crippen molar-refractivity contribution in [2.45, 2.75) is 45.9 Å². The highest BCUT2D eigenvalue weighted by Crippen LogP contribution is 2.18. The van der Waals surface area contributed by atoms with Crippen molar-refractivity contribution < 1.29 is 4.74 Å². The Bertz CT molecular complexity index is 733. The quantitative estimate of drug-likeness (QED) is 0.908. The van der Waals surface area contributed by atoms with E-state index in [1.165, 1.54) is 21.9 Å². The minimum absolute atomic E-state index is 0.138. The predicted molar refractivity (Wildman–Crippen MR) is 91.4 cm³/mol. The second-order valence-corrected chi connectivity index (χ2v) is 7.23. The van der Waals surface area contributed by atoms with Gasteiger partial charge < -0.3 is 10.1 Å². The van der Waals surface area contributed by atoms with E-state index in [-0.39, 0.29) is 17.8 Å². The number of rotatable bonds is 4. The maximum Gasteiger partial charge on any atom is 0.275 e. The number of hydrogen-bond acceptors (Lipinski definition) is 7. The normalized spacial score (nSPS) is 24.0. The van der Waals surface area contributed by atoms with Gasteiger partial charge in [-0.05, 0) is 27.7 Å². The molecule has 0 aliphatic carbocycles. The van der Waals surface area contributed by atoms with Crippen molar-refractivity contribution >= 4 is 21.4 Å². The van der Waals surface area contributed by atoms with E-state index < -0.39 is 0 Å². The molecule has 7 nitrogen and oxygen atoms in total. The number of nitrogens with one attached hydrogen (secondary N) is 1. The third-order valence-electron chi connectivity index (χ3n) is 3.99. The van der Waals surface area contributed by atoms with Gasteiger partial charge in [0, 0.05) is 37.4 Å². The Balaban J connectivity index is 1.66. The van der Waals surface area contributed by atoms with Crippen molar-refractivity contribution in [3.63, 3.8) is 0 Å². The predicted octanol–water partition coefficient (Wildman–Crippen LogP) is 1.37. The SMILES string of the molecule is Cc1cc(=O)n2nc(NC[C@H](C)N3C[C@@H](C)O[C@H](C)C3)sc2n1. The van der Waals surface area contributed by atoms with Crippen LogP contribution in [0.15, 0.2) is 10.9 Å². The molecule has 1 aliphatic rings. The lowest BCUT2D eigenvalue weighted by molar-refractivity contribution is -0.0769.